The van der Waals surface area contributed by atoms with E-state index in [1.54, 1.807) is 11.2 Å². The van der Waals surface area contributed by atoms with Gasteiger partial charge in [-0.2, -0.15) is 0 Å². The van der Waals surface area contributed by atoms with E-state index in [9.17, 15) is 9.59 Å². The predicted octanol–water partition coefficient (Wildman–Crippen LogP) is 3.37. The van der Waals surface area contributed by atoms with Gasteiger partial charge in [-0.15, -0.1) is 0 Å². The molecule has 2 N–H and O–H groups in total. The van der Waals surface area contributed by atoms with Crippen LogP contribution in [-0.2, 0) is 9.59 Å². The van der Waals surface area contributed by atoms with Crippen LogP contribution < -0.4 is 10.6 Å². The van der Waals surface area contributed by atoms with Crippen LogP contribution in [0.2, 0.25) is 0 Å². The molecule has 29 heavy (non-hydrogen) atoms. The number of anilines is 1. The zero-order valence-electron chi connectivity index (χ0n) is 16.8. The summed E-state index contributed by atoms with van der Waals surface area (Å²) in [5, 5.41) is 6.36. The Kier molecular flexibility index (Phi) is 5.05. The number of aromatic nitrogens is 1. The molecule has 0 spiro atoms. The van der Waals surface area contributed by atoms with Crippen molar-refractivity contribution in [3.05, 3.63) is 41.5 Å². The van der Waals surface area contributed by atoms with Gasteiger partial charge in [0.15, 0.2) is 0 Å². The van der Waals surface area contributed by atoms with Crippen LogP contribution in [0.3, 0.4) is 0 Å². The Balaban J connectivity index is 1.71. The van der Waals surface area contributed by atoms with E-state index in [0.29, 0.717) is 6.04 Å². The lowest BCUT2D eigenvalue weighted by Gasteiger charge is -2.28. The number of carbonyl (C=O) groups excluding carboxylic acids is 2. The Bertz CT molecular complexity index is 966. The van der Waals surface area contributed by atoms with Crippen LogP contribution >= 0.6 is 0 Å². The Morgan fingerprint density at radius 3 is 2.62 bits per heavy atom. The van der Waals surface area contributed by atoms with E-state index in [-0.39, 0.29) is 11.9 Å². The number of rotatable bonds is 6. The molecule has 0 bridgehead atoms. The third-order valence-corrected chi connectivity index (χ3v) is 5.32. The molecule has 1 aromatic heterocycles. The Hall–Kier alpha value is -3.22. The number of amides is 1. The summed E-state index contributed by atoms with van der Waals surface area (Å²) in [5.41, 5.74) is 4.39. The first-order valence-corrected chi connectivity index (χ1v) is 9.86. The molecular weight excluding hydrogens is 366 g/mol. The van der Waals surface area contributed by atoms with Gasteiger partial charge in [-0.25, -0.2) is 9.98 Å². The summed E-state index contributed by atoms with van der Waals surface area (Å²) in [6, 6.07) is 9.88. The van der Waals surface area contributed by atoms with Crippen molar-refractivity contribution in [1.29, 1.82) is 0 Å². The van der Waals surface area contributed by atoms with Gasteiger partial charge in [0.1, 0.15) is 18.1 Å². The van der Waals surface area contributed by atoms with Gasteiger partial charge in [0.25, 0.3) is 0 Å². The highest BCUT2D eigenvalue weighted by atomic mass is 16.1. The molecule has 2 heterocycles. The maximum absolute atomic E-state index is 11.7. The Labute approximate surface area is 170 Å². The van der Waals surface area contributed by atoms with E-state index in [4.69, 9.17) is 4.98 Å². The molecule has 1 saturated carbocycles. The molecule has 2 unspecified atom stereocenters. The molecular formula is C22H25N5O2. The van der Waals surface area contributed by atoms with Crippen molar-refractivity contribution >= 4 is 30.0 Å². The summed E-state index contributed by atoms with van der Waals surface area (Å²) in [5.74, 6) is 0.678. The molecule has 150 valence electrons. The number of pyridine rings is 1. The fourth-order valence-corrected chi connectivity index (χ4v) is 3.54. The quantitative estimate of drug-likeness (QED) is 0.738. The zero-order chi connectivity index (χ0) is 20.5. The van der Waals surface area contributed by atoms with Gasteiger partial charge in [0, 0.05) is 31.1 Å². The van der Waals surface area contributed by atoms with Gasteiger partial charge in [-0.05, 0) is 31.4 Å². The molecule has 1 fully saturated rings. The van der Waals surface area contributed by atoms with Crippen molar-refractivity contribution in [3.63, 3.8) is 0 Å². The molecule has 2 aliphatic rings. The summed E-state index contributed by atoms with van der Waals surface area (Å²) >= 11 is 0. The lowest BCUT2D eigenvalue weighted by atomic mass is 10.00. The number of nitrogens with zero attached hydrogens (tertiary/aromatic N) is 3. The van der Waals surface area contributed by atoms with Crippen molar-refractivity contribution in [2.45, 2.75) is 44.8 Å². The number of benzene rings is 1. The van der Waals surface area contributed by atoms with Gasteiger partial charge in [-0.3, -0.25) is 4.79 Å². The summed E-state index contributed by atoms with van der Waals surface area (Å²) in [4.78, 5) is 34.2. The van der Waals surface area contributed by atoms with Crippen molar-refractivity contribution in [2.75, 3.05) is 12.4 Å². The summed E-state index contributed by atoms with van der Waals surface area (Å²) < 4.78 is 0. The molecule has 0 saturated heterocycles. The summed E-state index contributed by atoms with van der Waals surface area (Å²) in [6.45, 7) is 3.47. The van der Waals surface area contributed by atoms with Crippen LogP contribution in [0.1, 0.15) is 49.9 Å². The van der Waals surface area contributed by atoms with Crippen molar-refractivity contribution in [1.82, 2.24) is 15.2 Å². The molecule has 2 aromatic rings. The Morgan fingerprint density at radius 1 is 1.28 bits per heavy atom. The van der Waals surface area contributed by atoms with E-state index in [1.165, 1.54) is 6.92 Å². The lowest BCUT2D eigenvalue weighted by molar-refractivity contribution is -0.119. The first-order valence-electron chi connectivity index (χ1n) is 9.86. The van der Waals surface area contributed by atoms with E-state index in [1.807, 2.05) is 44.3 Å². The number of fused-ring (bicyclic) bond motifs is 1. The molecule has 0 radical (unpaired) electrons. The summed E-state index contributed by atoms with van der Waals surface area (Å²) in [7, 11) is 1.84. The average Bonchev–Trinajstić information content (AvgIpc) is 3.51. The van der Waals surface area contributed by atoms with Crippen LogP contribution in [0.25, 0.3) is 11.3 Å². The van der Waals surface area contributed by atoms with E-state index >= 15 is 0 Å². The highest BCUT2D eigenvalue weighted by molar-refractivity contribution is 5.83. The molecule has 1 aliphatic carbocycles. The van der Waals surface area contributed by atoms with Crippen LogP contribution in [0.15, 0.2) is 35.3 Å². The number of aliphatic imine (C=N–C) groups is 1. The molecule has 4 rings (SSSR count). The van der Waals surface area contributed by atoms with Gasteiger partial charge in [0.2, 0.25) is 5.91 Å². The number of likely N-dealkylation sites (N-methyl/N-ethyl adjacent to an activating group) is 1. The number of carbonyl (C=O) groups is 2. The molecule has 1 amide bonds. The smallest absolute Gasteiger partial charge is 0.217 e. The van der Waals surface area contributed by atoms with Crippen LogP contribution in [0.5, 0.6) is 0 Å². The first kappa shape index (κ1) is 19.1. The second kappa shape index (κ2) is 7.66. The third-order valence-electron chi connectivity index (χ3n) is 5.32. The maximum atomic E-state index is 11.7. The minimum absolute atomic E-state index is 0.0544. The highest BCUT2D eigenvalue weighted by Gasteiger charge is 2.30. The molecule has 7 nitrogen and oxygen atoms in total. The van der Waals surface area contributed by atoms with E-state index in [0.717, 1.165) is 53.0 Å². The largest absolute Gasteiger partial charge is 0.367 e. The first-order chi connectivity index (χ1) is 14.0. The van der Waals surface area contributed by atoms with Crippen LogP contribution in [-0.4, -0.2) is 41.5 Å². The average molecular weight is 391 g/mol. The maximum Gasteiger partial charge on any atom is 0.217 e. The number of hydrogen-bond acceptors (Lipinski definition) is 6. The Morgan fingerprint density at radius 2 is 2.00 bits per heavy atom. The van der Waals surface area contributed by atoms with Gasteiger partial charge in [0.05, 0.1) is 23.8 Å². The van der Waals surface area contributed by atoms with Crippen LogP contribution in [0, 0.1) is 0 Å². The standard InChI is InChI=1S/C22H25N5O2/c1-13(24-14(2)29)15-4-6-16(7-5-15)18-10-19-21(20(11-28)27(3)12-23-19)22(26-18)25-17-8-9-17/h4-7,10-13,17,20H,8-9H2,1-3H3,(H,24,29)(H,25,26). The molecule has 2 atom stereocenters. The lowest BCUT2D eigenvalue weighted by Crippen LogP contribution is -2.28. The van der Waals surface area contributed by atoms with Crippen LogP contribution in [0.4, 0.5) is 11.5 Å². The van der Waals surface area contributed by atoms with E-state index in [2.05, 4.69) is 15.6 Å². The van der Waals surface area contributed by atoms with Gasteiger partial charge in [-0.1, -0.05) is 24.3 Å². The SMILES string of the molecule is CC(=O)NC(C)c1ccc(-c2cc3c(c(NC4CC4)n2)C(C=O)N(C)C=N3)cc1. The van der Waals surface area contributed by atoms with Crippen molar-refractivity contribution < 1.29 is 9.59 Å². The molecule has 1 aromatic carbocycles. The molecule has 1 aliphatic heterocycles. The van der Waals surface area contributed by atoms with Crippen molar-refractivity contribution in [3.8, 4) is 11.3 Å². The second-order valence-electron chi connectivity index (χ2n) is 7.74. The second-order valence-corrected chi connectivity index (χ2v) is 7.74. The third kappa shape index (κ3) is 3.99. The van der Waals surface area contributed by atoms with Gasteiger partial charge >= 0.3 is 0 Å². The highest BCUT2D eigenvalue weighted by Crippen LogP contribution is 2.40. The number of hydrogen-bond donors (Lipinski definition) is 2. The zero-order valence-corrected chi connectivity index (χ0v) is 16.8. The minimum atomic E-state index is -0.397. The van der Waals surface area contributed by atoms with Crippen molar-refractivity contribution in [2.24, 2.45) is 4.99 Å². The molecule has 7 heteroatoms. The van der Waals surface area contributed by atoms with E-state index < -0.39 is 6.04 Å². The normalized spacial score (nSPS) is 18.7. The number of nitrogens with one attached hydrogen (secondary N) is 2. The minimum Gasteiger partial charge on any atom is -0.367 e. The number of aldehydes is 1. The fourth-order valence-electron chi connectivity index (χ4n) is 3.54. The fraction of sp³-hybridized carbons (Fsp3) is 0.364. The van der Waals surface area contributed by atoms with Gasteiger partial charge < -0.3 is 20.3 Å². The predicted molar refractivity (Wildman–Crippen MR) is 113 cm³/mol. The summed E-state index contributed by atoms with van der Waals surface area (Å²) in [6.07, 6.45) is 4.84. The topological polar surface area (TPSA) is 86.7 Å². The monoisotopic (exact) mass is 391 g/mol.